The molecule has 0 bridgehead atoms. The zero-order chi connectivity index (χ0) is 13.9. The molecule has 1 aromatic carbocycles. The van der Waals surface area contributed by atoms with Crippen molar-refractivity contribution in [3.63, 3.8) is 0 Å². The van der Waals surface area contributed by atoms with Gasteiger partial charge in [0.1, 0.15) is 5.75 Å². The number of hydrogen-bond acceptors (Lipinski definition) is 4. The molecule has 0 fully saturated rings. The lowest BCUT2D eigenvalue weighted by Gasteiger charge is -2.14. The van der Waals surface area contributed by atoms with Crippen molar-refractivity contribution in [3.8, 4) is 5.75 Å². The number of aliphatic hydroxyl groups is 1. The van der Waals surface area contributed by atoms with Crippen molar-refractivity contribution in [1.29, 1.82) is 0 Å². The van der Waals surface area contributed by atoms with Gasteiger partial charge in [0.05, 0.1) is 0 Å². The van der Waals surface area contributed by atoms with Gasteiger partial charge >= 0.3 is 12.6 Å². The second-order valence-electron chi connectivity index (χ2n) is 3.43. The standard InChI is InChI=1S/C11H10F2O5/c1-5-7(4-14)6(9(15)10(16)17)2-3-8(5)18-11(12)13/h2-4,9,11,15H,1H3,(H,16,17). The Labute approximate surface area is 101 Å². The molecule has 1 rings (SSSR count). The van der Waals surface area contributed by atoms with E-state index in [1.54, 1.807) is 0 Å². The highest BCUT2D eigenvalue weighted by molar-refractivity contribution is 5.85. The molecular weight excluding hydrogens is 250 g/mol. The number of rotatable bonds is 5. The number of ether oxygens (including phenoxy) is 1. The Morgan fingerprint density at radius 2 is 2.06 bits per heavy atom. The molecule has 0 saturated heterocycles. The molecule has 18 heavy (non-hydrogen) atoms. The summed E-state index contributed by atoms with van der Waals surface area (Å²) in [5, 5.41) is 18.0. The van der Waals surface area contributed by atoms with Crippen molar-refractivity contribution >= 4 is 12.3 Å². The Kier molecular flexibility index (Phi) is 4.33. The van der Waals surface area contributed by atoms with Gasteiger partial charge in [-0.3, -0.25) is 4.79 Å². The van der Waals surface area contributed by atoms with Gasteiger partial charge in [-0.1, -0.05) is 6.07 Å². The lowest BCUT2D eigenvalue weighted by molar-refractivity contribution is -0.147. The van der Waals surface area contributed by atoms with E-state index in [9.17, 15) is 23.5 Å². The summed E-state index contributed by atoms with van der Waals surface area (Å²) in [6, 6.07) is 2.14. The predicted octanol–water partition coefficient (Wildman–Crippen LogP) is 1.53. The molecule has 1 atom stereocenters. The fourth-order valence-electron chi connectivity index (χ4n) is 1.48. The summed E-state index contributed by atoms with van der Waals surface area (Å²) in [5.41, 5.74) is -0.303. The monoisotopic (exact) mass is 260 g/mol. The van der Waals surface area contributed by atoms with Crippen LogP contribution in [0.5, 0.6) is 5.75 Å². The molecule has 1 aromatic rings. The van der Waals surface area contributed by atoms with Gasteiger partial charge in [-0.25, -0.2) is 4.79 Å². The van der Waals surface area contributed by atoms with E-state index in [0.29, 0.717) is 0 Å². The van der Waals surface area contributed by atoms with Gasteiger partial charge in [-0.2, -0.15) is 8.78 Å². The molecule has 0 heterocycles. The van der Waals surface area contributed by atoms with Crippen LogP contribution in [0, 0.1) is 6.92 Å². The van der Waals surface area contributed by atoms with Crippen LogP contribution in [-0.2, 0) is 4.79 Å². The maximum atomic E-state index is 12.1. The molecular formula is C11H10F2O5. The molecule has 0 spiro atoms. The van der Waals surface area contributed by atoms with Gasteiger partial charge in [0.15, 0.2) is 12.4 Å². The van der Waals surface area contributed by atoms with Crippen LogP contribution < -0.4 is 4.74 Å². The normalized spacial score (nSPS) is 12.3. The van der Waals surface area contributed by atoms with Gasteiger partial charge < -0.3 is 14.9 Å². The lowest BCUT2D eigenvalue weighted by atomic mass is 9.98. The van der Waals surface area contributed by atoms with E-state index in [4.69, 9.17) is 5.11 Å². The molecule has 0 aliphatic rings. The quantitative estimate of drug-likeness (QED) is 0.784. The number of alkyl halides is 2. The molecule has 98 valence electrons. The molecule has 0 amide bonds. The minimum Gasteiger partial charge on any atom is -0.479 e. The fourth-order valence-corrected chi connectivity index (χ4v) is 1.48. The van der Waals surface area contributed by atoms with Crippen molar-refractivity contribution in [2.45, 2.75) is 19.6 Å². The smallest absolute Gasteiger partial charge is 0.387 e. The largest absolute Gasteiger partial charge is 0.479 e. The van der Waals surface area contributed by atoms with Crippen LogP contribution in [0.1, 0.15) is 27.6 Å². The maximum Gasteiger partial charge on any atom is 0.387 e. The van der Waals surface area contributed by atoms with Crippen LogP contribution in [-0.4, -0.2) is 29.1 Å². The minimum absolute atomic E-state index is 0.0445. The van der Waals surface area contributed by atoms with Gasteiger partial charge in [-0.15, -0.1) is 0 Å². The van der Waals surface area contributed by atoms with Crippen molar-refractivity contribution in [2.24, 2.45) is 0 Å². The third-order valence-corrected chi connectivity index (χ3v) is 2.36. The lowest BCUT2D eigenvalue weighted by Crippen LogP contribution is -2.14. The van der Waals surface area contributed by atoms with Crippen LogP contribution in [0.25, 0.3) is 0 Å². The second-order valence-corrected chi connectivity index (χ2v) is 3.43. The Hall–Kier alpha value is -2.02. The van der Waals surface area contributed by atoms with E-state index in [-0.39, 0.29) is 28.7 Å². The number of aliphatic hydroxyl groups excluding tert-OH is 1. The number of hydrogen-bond donors (Lipinski definition) is 2. The number of carboxylic acids is 1. The first-order valence-corrected chi connectivity index (χ1v) is 4.82. The summed E-state index contributed by atoms with van der Waals surface area (Å²) < 4.78 is 28.3. The summed E-state index contributed by atoms with van der Waals surface area (Å²) >= 11 is 0. The van der Waals surface area contributed by atoms with Gasteiger partial charge in [0.25, 0.3) is 0 Å². The first-order chi connectivity index (χ1) is 8.38. The Morgan fingerprint density at radius 3 is 2.50 bits per heavy atom. The predicted molar refractivity (Wildman–Crippen MR) is 55.8 cm³/mol. The Bertz CT molecular complexity index is 473. The van der Waals surface area contributed by atoms with Crippen LogP contribution >= 0.6 is 0 Å². The first kappa shape index (κ1) is 14.0. The second kappa shape index (κ2) is 5.54. The third kappa shape index (κ3) is 2.80. The van der Waals surface area contributed by atoms with Crippen molar-refractivity contribution in [2.75, 3.05) is 0 Å². The van der Waals surface area contributed by atoms with Crippen LogP contribution in [0.15, 0.2) is 12.1 Å². The molecule has 0 aliphatic carbocycles. The zero-order valence-corrected chi connectivity index (χ0v) is 9.26. The highest BCUT2D eigenvalue weighted by Gasteiger charge is 2.22. The van der Waals surface area contributed by atoms with Gasteiger partial charge in [-0.05, 0) is 13.0 Å². The summed E-state index contributed by atoms with van der Waals surface area (Å²) in [4.78, 5) is 21.5. The SMILES string of the molecule is Cc1c(OC(F)F)ccc(C(O)C(=O)O)c1C=O. The average molecular weight is 260 g/mol. The number of carbonyl (C=O) groups is 2. The molecule has 1 unspecified atom stereocenters. The van der Waals surface area contributed by atoms with Crippen LogP contribution in [0.4, 0.5) is 8.78 Å². The Balaban J connectivity index is 3.28. The minimum atomic E-state index is -3.06. The summed E-state index contributed by atoms with van der Waals surface area (Å²) in [6.45, 7) is -1.74. The molecule has 0 aliphatic heterocycles. The highest BCUT2D eigenvalue weighted by Crippen LogP contribution is 2.28. The van der Waals surface area contributed by atoms with Crippen LogP contribution in [0.3, 0.4) is 0 Å². The maximum absolute atomic E-state index is 12.1. The van der Waals surface area contributed by atoms with E-state index in [2.05, 4.69) is 4.74 Å². The molecule has 5 nitrogen and oxygen atoms in total. The van der Waals surface area contributed by atoms with E-state index in [0.717, 1.165) is 12.1 Å². The Morgan fingerprint density at radius 1 is 1.44 bits per heavy atom. The topological polar surface area (TPSA) is 83.8 Å². The van der Waals surface area contributed by atoms with Crippen molar-refractivity contribution in [1.82, 2.24) is 0 Å². The molecule has 0 saturated carbocycles. The highest BCUT2D eigenvalue weighted by atomic mass is 19.3. The summed E-state index contributed by atoms with van der Waals surface area (Å²) in [7, 11) is 0. The molecule has 0 aromatic heterocycles. The van der Waals surface area contributed by atoms with E-state index in [1.165, 1.54) is 6.92 Å². The summed E-state index contributed by atoms with van der Waals surface area (Å²) in [6.07, 6.45) is -1.61. The number of carboxylic acid groups (broad SMARTS) is 1. The van der Waals surface area contributed by atoms with E-state index in [1.807, 2.05) is 0 Å². The number of carbonyl (C=O) groups excluding carboxylic acids is 1. The molecule has 2 N–H and O–H groups in total. The van der Waals surface area contributed by atoms with Crippen molar-refractivity contribution in [3.05, 3.63) is 28.8 Å². The van der Waals surface area contributed by atoms with E-state index >= 15 is 0 Å². The first-order valence-electron chi connectivity index (χ1n) is 4.82. The van der Waals surface area contributed by atoms with Gasteiger partial charge in [0.2, 0.25) is 0 Å². The third-order valence-electron chi connectivity index (χ3n) is 2.36. The van der Waals surface area contributed by atoms with Gasteiger partial charge in [0, 0.05) is 16.7 Å². The zero-order valence-electron chi connectivity index (χ0n) is 9.26. The fraction of sp³-hybridized carbons (Fsp3) is 0.273. The average Bonchev–Trinajstić information content (AvgIpc) is 2.29. The van der Waals surface area contributed by atoms with Crippen molar-refractivity contribution < 1.29 is 33.3 Å². The molecule has 7 heteroatoms. The number of halogens is 2. The summed E-state index contributed by atoms with van der Waals surface area (Å²) in [5.74, 6) is -1.78. The number of aliphatic carboxylic acids is 1. The number of benzene rings is 1. The number of aldehydes is 1. The van der Waals surface area contributed by atoms with E-state index < -0.39 is 18.7 Å². The molecule has 0 radical (unpaired) electrons. The van der Waals surface area contributed by atoms with Crippen LogP contribution in [0.2, 0.25) is 0 Å².